The van der Waals surface area contributed by atoms with Crippen LogP contribution < -0.4 is 14.4 Å². The molecule has 3 rings (SSSR count). The van der Waals surface area contributed by atoms with Crippen molar-refractivity contribution in [2.45, 2.75) is 51.1 Å². The standard InChI is InChI=1S/C30H35Cl2N3O5S/c1-5-16-33-30(37)28(6-2)34(19-22-12-15-26(31)27(32)17-22)29(36)20-35(23-8-7-9-24(18-23)40-4)41(38,39)25-13-10-21(3)11-14-25/h7-15,17-18,28H,5-6,16,19-20H2,1-4H3,(H,33,37). The second-order valence-corrected chi connectivity index (χ2v) is 12.2. The molecule has 0 aliphatic carbocycles. The fourth-order valence-corrected chi connectivity index (χ4v) is 5.98. The van der Waals surface area contributed by atoms with Gasteiger partial charge in [-0.2, -0.15) is 0 Å². The molecule has 3 aromatic rings. The highest BCUT2D eigenvalue weighted by Crippen LogP contribution is 2.29. The number of halogens is 2. The average molecular weight is 621 g/mol. The first-order valence-electron chi connectivity index (χ1n) is 13.3. The number of carbonyl (C=O) groups is 2. The molecule has 0 aliphatic rings. The maximum atomic E-state index is 14.1. The van der Waals surface area contributed by atoms with Gasteiger partial charge in [-0.25, -0.2) is 8.42 Å². The molecule has 0 aliphatic heterocycles. The summed E-state index contributed by atoms with van der Waals surface area (Å²) in [6.07, 6.45) is 1.04. The Morgan fingerprint density at radius 2 is 1.68 bits per heavy atom. The van der Waals surface area contributed by atoms with Crippen LogP contribution in [0.2, 0.25) is 10.0 Å². The maximum absolute atomic E-state index is 14.1. The molecular formula is C30H35Cl2N3O5S. The van der Waals surface area contributed by atoms with Crippen molar-refractivity contribution >= 4 is 50.7 Å². The predicted octanol–water partition coefficient (Wildman–Crippen LogP) is 5.84. The smallest absolute Gasteiger partial charge is 0.264 e. The molecule has 0 heterocycles. The number of rotatable bonds is 13. The molecule has 0 bridgehead atoms. The van der Waals surface area contributed by atoms with Crippen molar-refractivity contribution in [1.29, 1.82) is 0 Å². The first kappa shape index (κ1) is 32.2. The lowest BCUT2D eigenvalue weighted by atomic mass is 10.1. The quantitative estimate of drug-likeness (QED) is 0.259. The van der Waals surface area contributed by atoms with Gasteiger partial charge in [-0.1, -0.05) is 66.9 Å². The van der Waals surface area contributed by atoms with Gasteiger partial charge in [-0.3, -0.25) is 13.9 Å². The van der Waals surface area contributed by atoms with E-state index in [-0.39, 0.29) is 23.0 Å². The van der Waals surface area contributed by atoms with Crippen LogP contribution in [0, 0.1) is 6.92 Å². The van der Waals surface area contributed by atoms with Crippen LogP contribution in [0.5, 0.6) is 5.75 Å². The summed E-state index contributed by atoms with van der Waals surface area (Å²) < 4.78 is 34.3. The molecule has 1 unspecified atom stereocenters. The number of hydrogen-bond acceptors (Lipinski definition) is 5. The molecule has 220 valence electrons. The number of methoxy groups -OCH3 is 1. The van der Waals surface area contributed by atoms with E-state index in [9.17, 15) is 18.0 Å². The number of ether oxygens (including phenoxy) is 1. The van der Waals surface area contributed by atoms with Crippen LogP contribution in [0.1, 0.15) is 37.8 Å². The van der Waals surface area contributed by atoms with Gasteiger partial charge in [0, 0.05) is 19.2 Å². The minimum atomic E-state index is -4.19. The largest absolute Gasteiger partial charge is 0.497 e. The third-order valence-electron chi connectivity index (χ3n) is 6.50. The summed E-state index contributed by atoms with van der Waals surface area (Å²) in [5.74, 6) is -0.456. The first-order valence-corrected chi connectivity index (χ1v) is 15.5. The Morgan fingerprint density at radius 3 is 2.29 bits per heavy atom. The lowest BCUT2D eigenvalue weighted by Gasteiger charge is -2.33. The summed E-state index contributed by atoms with van der Waals surface area (Å²) in [5, 5.41) is 3.52. The number of amides is 2. The van der Waals surface area contributed by atoms with Crippen molar-refractivity contribution in [3.8, 4) is 5.75 Å². The highest BCUT2D eigenvalue weighted by Gasteiger charge is 2.33. The predicted molar refractivity (Wildman–Crippen MR) is 163 cm³/mol. The molecule has 2 amide bonds. The Balaban J connectivity index is 2.08. The minimum absolute atomic E-state index is 0.0182. The highest BCUT2D eigenvalue weighted by atomic mass is 35.5. The van der Waals surface area contributed by atoms with Gasteiger partial charge >= 0.3 is 0 Å². The molecule has 0 fully saturated rings. The third-order valence-corrected chi connectivity index (χ3v) is 9.03. The number of benzene rings is 3. The number of carbonyl (C=O) groups excluding carboxylic acids is 2. The average Bonchev–Trinajstić information content (AvgIpc) is 2.96. The molecule has 0 saturated heterocycles. The summed E-state index contributed by atoms with van der Waals surface area (Å²) in [7, 11) is -2.71. The SMILES string of the molecule is CCCNC(=O)C(CC)N(Cc1ccc(Cl)c(Cl)c1)C(=O)CN(c1cccc(OC)c1)S(=O)(=O)c1ccc(C)cc1. The molecule has 0 aromatic heterocycles. The number of aryl methyl sites for hydroxylation is 1. The normalized spacial score (nSPS) is 12.0. The maximum Gasteiger partial charge on any atom is 0.264 e. The van der Waals surface area contributed by atoms with Crippen LogP contribution in [0.25, 0.3) is 0 Å². The number of nitrogens with zero attached hydrogens (tertiary/aromatic N) is 2. The summed E-state index contributed by atoms with van der Waals surface area (Å²) in [4.78, 5) is 28.7. The summed E-state index contributed by atoms with van der Waals surface area (Å²) in [6, 6.07) is 17.0. The van der Waals surface area contributed by atoms with E-state index in [0.717, 1.165) is 16.3 Å². The number of sulfonamides is 1. The van der Waals surface area contributed by atoms with Crippen molar-refractivity contribution in [3.63, 3.8) is 0 Å². The summed E-state index contributed by atoms with van der Waals surface area (Å²) >= 11 is 12.3. The number of nitrogens with one attached hydrogen (secondary N) is 1. The van der Waals surface area contributed by atoms with Crippen molar-refractivity contribution in [3.05, 3.63) is 87.9 Å². The fourth-order valence-electron chi connectivity index (χ4n) is 4.25. The van der Waals surface area contributed by atoms with E-state index < -0.39 is 28.5 Å². The van der Waals surface area contributed by atoms with E-state index in [1.807, 2.05) is 13.8 Å². The Hall–Kier alpha value is -3.27. The van der Waals surface area contributed by atoms with Gasteiger partial charge in [-0.15, -0.1) is 0 Å². The second-order valence-electron chi connectivity index (χ2n) is 9.51. The Labute approximate surface area is 252 Å². The summed E-state index contributed by atoms with van der Waals surface area (Å²) in [5.41, 5.74) is 1.78. The van der Waals surface area contributed by atoms with Crippen molar-refractivity contribution in [2.24, 2.45) is 0 Å². The van der Waals surface area contributed by atoms with Crippen LogP contribution in [0.3, 0.4) is 0 Å². The van der Waals surface area contributed by atoms with Crippen LogP contribution in [0.15, 0.2) is 71.6 Å². The molecule has 0 spiro atoms. The lowest BCUT2D eigenvalue weighted by Crippen LogP contribution is -2.52. The van der Waals surface area contributed by atoms with Gasteiger partial charge in [0.2, 0.25) is 11.8 Å². The van der Waals surface area contributed by atoms with Gasteiger partial charge in [0.15, 0.2) is 0 Å². The van der Waals surface area contributed by atoms with Crippen molar-refractivity contribution in [2.75, 3.05) is 24.5 Å². The van der Waals surface area contributed by atoms with Crippen LogP contribution in [0.4, 0.5) is 5.69 Å². The Morgan fingerprint density at radius 1 is 0.976 bits per heavy atom. The van der Waals surface area contributed by atoms with Crippen molar-refractivity contribution < 1.29 is 22.7 Å². The van der Waals surface area contributed by atoms with Crippen LogP contribution >= 0.6 is 23.2 Å². The molecule has 41 heavy (non-hydrogen) atoms. The van der Waals surface area contributed by atoms with E-state index in [1.54, 1.807) is 61.5 Å². The molecule has 3 aromatic carbocycles. The Bertz CT molecular complexity index is 1470. The molecular weight excluding hydrogens is 585 g/mol. The van der Waals surface area contributed by atoms with Gasteiger partial charge < -0.3 is 15.0 Å². The third kappa shape index (κ3) is 8.15. The molecule has 1 N–H and O–H groups in total. The molecule has 0 saturated carbocycles. The number of hydrogen-bond donors (Lipinski definition) is 1. The van der Waals surface area contributed by atoms with E-state index in [4.69, 9.17) is 27.9 Å². The Kier molecular flexibility index (Phi) is 11.5. The van der Waals surface area contributed by atoms with Crippen LogP contribution in [-0.2, 0) is 26.2 Å². The van der Waals surface area contributed by atoms with E-state index in [0.29, 0.717) is 34.3 Å². The highest BCUT2D eigenvalue weighted by molar-refractivity contribution is 7.92. The van der Waals surface area contributed by atoms with Gasteiger partial charge in [0.05, 0.1) is 27.7 Å². The molecule has 8 nitrogen and oxygen atoms in total. The zero-order valence-electron chi connectivity index (χ0n) is 23.6. The zero-order valence-corrected chi connectivity index (χ0v) is 25.9. The molecule has 1 atom stereocenters. The summed E-state index contributed by atoms with van der Waals surface area (Å²) in [6.45, 7) is 5.50. The zero-order chi connectivity index (χ0) is 30.2. The van der Waals surface area contributed by atoms with E-state index in [2.05, 4.69) is 5.32 Å². The fraction of sp³-hybridized carbons (Fsp3) is 0.333. The number of anilines is 1. The van der Waals surface area contributed by atoms with Gasteiger partial charge in [0.1, 0.15) is 18.3 Å². The monoisotopic (exact) mass is 619 g/mol. The van der Waals surface area contributed by atoms with Crippen molar-refractivity contribution in [1.82, 2.24) is 10.2 Å². The van der Waals surface area contributed by atoms with Crippen LogP contribution in [-0.4, -0.2) is 51.4 Å². The topological polar surface area (TPSA) is 96.0 Å². The lowest BCUT2D eigenvalue weighted by molar-refractivity contribution is -0.140. The van der Waals surface area contributed by atoms with Gasteiger partial charge in [0.25, 0.3) is 10.0 Å². The molecule has 11 heteroatoms. The van der Waals surface area contributed by atoms with Gasteiger partial charge in [-0.05, 0) is 61.7 Å². The second kappa shape index (κ2) is 14.6. The molecule has 0 radical (unpaired) electrons. The van der Waals surface area contributed by atoms with E-state index in [1.165, 1.54) is 24.1 Å². The first-order chi connectivity index (χ1) is 19.5. The van der Waals surface area contributed by atoms with E-state index >= 15 is 0 Å². The minimum Gasteiger partial charge on any atom is -0.497 e.